The van der Waals surface area contributed by atoms with Crippen LogP contribution >= 0.6 is 0 Å². The third-order valence-electron chi connectivity index (χ3n) is 2.87. The Morgan fingerprint density at radius 3 is 2.78 bits per heavy atom. The van der Waals surface area contributed by atoms with E-state index in [1.165, 1.54) is 12.1 Å². The normalized spacial score (nSPS) is 10.8. The molecule has 0 radical (unpaired) electrons. The van der Waals surface area contributed by atoms with Gasteiger partial charge in [-0.1, -0.05) is 6.92 Å². The molecule has 0 atom stereocenters. The van der Waals surface area contributed by atoms with Crippen LogP contribution in [-0.2, 0) is 6.54 Å². The molecule has 18 heavy (non-hydrogen) atoms. The quantitative estimate of drug-likeness (QED) is 0.835. The highest BCUT2D eigenvalue weighted by molar-refractivity contribution is 5.89. The Morgan fingerprint density at radius 2 is 2.17 bits per heavy atom. The minimum atomic E-state index is -0.178. The van der Waals surface area contributed by atoms with Crippen molar-refractivity contribution < 1.29 is 9.90 Å². The molecule has 0 aliphatic rings. The van der Waals surface area contributed by atoms with Crippen LogP contribution in [0, 0.1) is 6.92 Å². The van der Waals surface area contributed by atoms with Crippen molar-refractivity contribution in [3.8, 4) is 5.75 Å². The number of hydrogen-bond acceptors (Lipinski definition) is 4. The highest BCUT2D eigenvalue weighted by atomic mass is 16.3. The number of hydrogen-bond donors (Lipinski definition) is 1. The topological polar surface area (TPSA) is 72.2 Å². The Bertz CT molecular complexity index is 674. The lowest BCUT2D eigenvalue weighted by Gasteiger charge is -2.10. The second-order valence-electron chi connectivity index (χ2n) is 4.16. The summed E-state index contributed by atoms with van der Waals surface area (Å²) in [5.41, 5.74) is 0.337. The molecular formula is C13H14N2O3. The maximum atomic E-state index is 12.2. The molecule has 1 aromatic carbocycles. The van der Waals surface area contributed by atoms with Crippen LogP contribution in [0.2, 0.25) is 0 Å². The fraction of sp³-hybridized carbons (Fsp3) is 0.308. The second kappa shape index (κ2) is 4.60. The van der Waals surface area contributed by atoms with E-state index in [4.69, 9.17) is 0 Å². The van der Waals surface area contributed by atoms with Gasteiger partial charge in [-0.2, -0.15) is 0 Å². The van der Waals surface area contributed by atoms with Crippen LogP contribution in [0.1, 0.15) is 29.5 Å². The summed E-state index contributed by atoms with van der Waals surface area (Å²) in [6.07, 6.45) is 1.35. The Hall–Kier alpha value is -2.17. The number of aryl methyl sites for hydroxylation is 1. The molecule has 0 bridgehead atoms. The third-order valence-corrected chi connectivity index (χ3v) is 2.87. The molecule has 0 amide bonds. The van der Waals surface area contributed by atoms with E-state index in [1.807, 2.05) is 6.92 Å². The number of fused-ring (bicyclic) bond motifs is 1. The second-order valence-corrected chi connectivity index (χ2v) is 4.16. The van der Waals surface area contributed by atoms with Crippen molar-refractivity contribution in [1.82, 2.24) is 9.55 Å². The zero-order valence-corrected chi connectivity index (χ0v) is 10.3. The van der Waals surface area contributed by atoms with Gasteiger partial charge in [-0.3, -0.25) is 14.2 Å². The van der Waals surface area contributed by atoms with Crippen molar-refractivity contribution in [3.05, 3.63) is 33.9 Å². The summed E-state index contributed by atoms with van der Waals surface area (Å²) in [4.78, 5) is 27.3. The van der Waals surface area contributed by atoms with E-state index in [2.05, 4.69) is 4.98 Å². The molecule has 2 rings (SSSR count). The van der Waals surface area contributed by atoms with E-state index >= 15 is 0 Å². The fourth-order valence-corrected chi connectivity index (χ4v) is 1.97. The van der Waals surface area contributed by atoms with Crippen LogP contribution in [0.4, 0.5) is 0 Å². The van der Waals surface area contributed by atoms with Gasteiger partial charge in [-0.15, -0.1) is 0 Å². The lowest BCUT2D eigenvalue weighted by Crippen LogP contribution is -2.23. The standard InChI is InChI=1S/C13H14N2O3/c1-3-4-15-8(2)14-11-6-12(17)9(7-16)5-10(11)13(15)18/h5-7,17H,3-4H2,1-2H3. The molecule has 1 aromatic heterocycles. The zero-order chi connectivity index (χ0) is 13.3. The van der Waals surface area contributed by atoms with Gasteiger partial charge in [0.15, 0.2) is 6.29 Å². The third kappa shape index (κ3) is 1.88. The van der Waals surface area contributed by atoms with E-state index in [-0.39, 0.29) is 16.9 Å². The van der Waals surface area contributed by atoms with E-state index in [0.717, 1.165) is 6.42 Å². The first-order chi connectivity index (χ1) is 8.58. The maximum Gasteiger partial charge on any atom is 0.261 e. The van der Waals surface area contributed by atoms with Crippen LogP contribution < -0.4 is 5.56 Å². The number of phenolic OH excluding ortho intramolecular Hbond substituents is 1. The molecule has 0 saturated heterocycles. The predicted molar refractivity (Wildman–Crippen MR) is 68.1 cm³/mol. The van der Waals surface area contributed by atoms with Crippen molar-refractivity contribution in [2.75, 3.05) is 0 Å². The fourth-order valence-electron chi connectivity index (χ4n) is 1.97. The Kier molecular flexibility index (Phi) is 3.14. The smallest absolute Gasteiger partial charge is 0.261 e. The van der Waals surface area contributed by atoms with Crippen LogP contribution in [0.25, 0.3) is 10.9 Å². The van der Waals surface area contributed by atoms with Gasteiger partial charge < -0.3 is 5.11 Å². The Balaban J connectivity index is 2.84. The molecule has 0 aliphatic heterocycles. The number of aromatic hydroxyl groups is 1. The molecular weight excluding hydrogens is 232 g/mol. The van der Waals surface area contributed by atoms with Crippen molar-refractivity contribution in [2.45, 2.75) is 26.8 Å². The molecule has 1 N–H and O–H groups in total. The molecule has 94 valence electrons. The Morgan fingerprint density at radius 1 is 1.44 bits per heavy atom. The Labute approximate surface area is 104 Å². The summed E-state index contributed by atoms with van der Waals surface area (Å²) in [5.74, 6) is 0.449. The largest absolute Gasteiger partial charge is 0.507 e. The lowest BCUT2D eigenvalue weighted by atomic mass is 10.1. The van der Waals surface area contributed by atoms with E-state index in [1.54, 1.807) is 11.5 Å². The van der Waals surface area contributed by atoms with E-state index < -0.39 is 0 Å². The summed E-state index contributed by atoms with van der Waals surface area (Å²) in [6, 6.07) is 2.74. The summed E-state index contributed by atoms with van der Waals surface area (Å²) in [5, 5.41) is 9.94. The summed E-state index contributed by atoms with van der Waals surface area (Å²) in [6.45, 7) is 4.32. The van der Waals surface area contributed by atoms with Crippen LogP contribution in [0.5, 0.6) is 5.75 Å². The number of aldehydes is 1. The van der Waals surface area contributed by atoms with Gasteiger partial charge >= 0.3 is 0 Å². The number of rotatable bonds is 3. The molecule has 0 fully saturated rings. The van der Waals surface area contributed by atoms with Gasteiger partial charge in [0.1, 0.15) is 11.6 Å². The van der Waals surface area contributed by atoms with Gasteiger partial charge in [-0.25, -0.2) is 4.98 Å². The van der Waals surface area contributed by atoms with Gasteiger partial charge in [0.25, 0.3) is 5.56 Å². The maximum absolute atomic E-state index is 12.2. The first-order valence-electron chi connectivity index (χ1n) is 5.77. The van der Waals surface area contributed by atoms with Gasteiger partial charge in [0, 0.05) is 12.6 Å². The van der Waals surface area contributed by atoms with E-state index in [9.17, 15) is 14.7 Å². The number of carbonyl (C=O) groups is 1. The average Bonchev–Trinajstić information content (AvgIpc) is 2.34. The predicted octanol–water partition coefficient (Wildman–Crippen LogP) is 1.63. The molecule has 0 spiro atoms. The first kappa shape index (κ1) is 12.3. The highest BCUT2D eigenvalue weighted by Crippen LogP contribution is 2.20. The average molecular weight is 246 g/mol. The van der Waals surface area contributed by atoms with Crippen molar-refractivity contribution in [2.24, 2.45) is 0 Å². The molecule has 5 nitrogen and oxygen atoms in total. The van der Waals surface area contributed by atoms with Crippen LogP contribution in [0.15, 0.2) is 16.9 Å². The molecule has 1 heterocycles. The number of phenols is 1. The molecule has 0 unspecified atom stereocenters. The molecule has 0 aliphatic carbocycles. The van der Waals surface area contributed by atoms with E-state index in [0.29, 0.717) is 29.6 Å². The lowest BCUT2D eigenvalue weighted by molar-refractivity contribution is 0.112. The van der Waals surface area contributed by atoms with Crippen molar-refractivity contribution >= 4 is 17.2 Å². The highest BCUT2D eigenvalue weighted by Gasteiger charge is 2.11. The number of nitrogens with zero attached hydrogens (tertiary/aromatic N) is 2. The molecule has 5 heteroatoms. The number of benzene rings is 1. The number of carbonyl (C=O) groups excluding carboxylic acids is 1. The van der Waals surface area contributed by atoms with Crippen LogP contribution in [0.3, 0.4) is 0 Å². The van der Waals surface area contributed by atoms with Gasteiger partial charge in [0.05, 0.1) is 16.5 Å². The molecule has 2 aromatic rings. The summed E-state index contributed by atoms with van der Waals surface area (Å²) in [7, 11) is 0. The van der Waals surface area contributed by atoms with Gasteiger partial charge in [-0.05, 0) is 19.4 Å². The summed E-state index contributed by atoms with van der Waals surface area (Å²) >= 11 is 0. The number of aromatic nitrogens is 2. The zero-order valence-electron chi connectivity index (χ0n) is 10.3. The van der Waals surface area contributed by atoms with Crippen molar-refractivity contribution in [1.29, 1.82) is 0 Å². The van der Waals surface area contributed by atoms with Crippen LogP contribution in [-0.4, -0.2) is 20.9 Å². The monoisotopic (exact) mass is 246 g/mol. The van der Waals surface area contributed by atoms with Crippen molar-refractivity contribution in [3.63, 3.8) is 0 Å². The summed E-state index contributed by atoms with van der Waals surface area (Å²) < 4.78 is 1.58. The molecule has 0 saturated carbocycles. The minimum absolute atomic E-state index is 0.105. The first-order valence-corrected chi connectivity index (χ1v) is 5.77. The minimum Gasteiger partial charge on any atom is -0.507 e. The van der Waals surface area contributed by atoms with Gasteiger partial charge in [0.2, 0.25) is 0 Å². The SMILES string of the molecule is CCCn1c(C)nc2cc(O)c(C=O)cc2c1=O.